The highest BCUT2D eigenvalue weighted by Gasteiger charge is 2.47. The first-order chi connectivity index (χ1) is 9.51. The summed E-state index contributed by atoms with van der Waals surface area (Å²) in [4.78, 5) is 15.1. The molecule has 3 nitrogen and oxygen atoms in total. The minimum Gasteiger partial charge on any atom is -0.321 e. The SMILES string of the molecule is CCC(C)C1NC(C(C)C)N(C2CCCC2SC)C1=O. The number of nitrogens with zero attached hydrogens (tertiary/aromatic N) is 1. The number of carbonyl (C=O) groups is 1. The Bertz CT molecular complexity index is 347. The summed E-state index contributed by atoms with van der Waals surface area (Å²) in [5, 5.41) is 4.25. The minimum atomic E-state index is 0.0236. The average Bonchev–Trinajstić information content (AvgIpc) is 3.01. The fourth-order valence-corrected chi connectivity index (χ4v) is 4.64. The molecule has 20 heavy (non-hydrogen) atoms. The van der Waals surface area contributed by atoms with Crippen LogP contribution < -0.4 is 5.32 Å². The second kappa shape index (κ2) is 6.69. The van der Waals surface area contributed by atoms with Gasteiger partial charge in [0.15, 0.2) is 0 Å². The van der Waals surface area contributed by atoms with Crippen molar-refractivity contribution in [2.24, 2.45) is 11.8 Å². The van der Waals surface area contributed by atoms with Crippen molar-refractivity contribution in [2.45, 2.75) is 76.9 Å². The lowest BCUT2D eigenvalue weighted by Crippen LogP contribution is -2.49. The van der Waals surface area contributed by atoms with Crippen LogP contribution in [0.25, 0.3) is 0 Å². The predicted molar refractivity (Wildman–Crippen MR) is 86.8 cm³/mol. The molecule has 0 bridgehead atoms. The van der Waals surface area contributed by atoms with E-state index >= 15 is 0 Å². The van der Waals surface area contributed by atoms with E-state index in [4.69, 9.17) is 0 Å². The molecule has 1 saturated heterocycles. The molecule has 2 fully saturated rings. The zero-order valence-electron chi connectivity index (χ0n) is 13.6. The fraction of sp³-hybridized carbons (Fsp3) is 0.938. The minimum absolute atomic E-state index is 0.0236. The Labute approximate surface area is 128 Å². The maximum Gasteiger partial charge on any atom is 0.241 e. The molecule has 1 amide bonds. The molecule has 5 atom stereocenters. The summed E-state index contributed by atoms with van der Waals surface area (Å²) in [6.07, 6.45) is 7.16. The van der Waals surface area contributed by atoms with Gasteiger partial charge in [0, 0.05) is 11.3 Å². The van der Waals surface area contributed by atoms with Crippen LogP contribution in [-0.2, 0) is 4.79 Å². The third-order valence-electron chi connectivity index (χ3n) is 5.09. The van der Waals surface area contributed by atoms with Crippen LogP contribution in [0.15, 0.2) is 0 Å². The predicted octanol–water partition coefficient (Wildman–Crippen LogP) is 3.10. The molecule has 0 aromatic carbocycles. The lowest BCUT2D eigenvalue weighted by Gasteiger charge is -2.35. The molecule has 1 aliphatic heterocycles. The van der Waals surface area contributed by atoms with Crippen molar-refractivity contribution in [3.8, 4) is 0 Å². The molecule has 2 aliphatic rings. The van der Waals surface area contributed by atoms with Crippen LogP contribution in [0.3, 0.4) is 0 Å². The molecule has 1 aliphatic carbocycles. The first-order valence-electron chi connectivity index (χ1n) is 8.12. The highest BCUT2D eigenvalue weighted by atomic mass is 32.2. The molecule has 1 N–H and O–H groups in total. The van der Waals surface area contributed by atoms with Gasteiger partial charge >= 0.3 is 0 Å². The van der Waals surface area contributed by atoms with Gasteiger partial charge in [0.25, 0.3) is 0 Å². The average molecular weight is 298 g/mol. The summed E-state index contributed by atoms with van der Waals surface area (Å²) in [5.74, 6) is 1.24. The Hall–Kier alpha value is -0.220. The van der Waals surface area contributed by atoms with E-state index in [0.717, 1.165) is 6.42 Å². The van der Waals surface area contributed by atoms with Crippen molar-refractivity contribution in [1.29, 1.82) is 0 Å². The molecule has 0 radical (unpaired) electrons. The smallest absolute Gasteiger partial charge is 0.241 e. The van der Waals surface area contributed by atoms with Gasteiger partial charge in [-0.15, -0.1) is 0 Å². The van der Waals surface area contributed by atoms with E-state index in [1.165, 1.54) is 19.3 Å². The zero-order valence-corrected chi connectivity index (χ0v) is 14.4. The standard InChI is InChI=1S/C16H30N2OS/c1-6-11(4)14-16(19)18(15(17-14)10(2)3)12-8-7-9-13(12)20-5/h10-15,17H,6-9H2,1-5H3. The molecule has 116 valence electrons. The quantitative estimate of drug-likeness (QED) is 0.846. The monoisotopic (exact) mass is 298 g/mol. The maximum atomic E-state index is 12.9. The first kappa shape index (κ1) is 16.2. The summed E-state index contributed by atoms with van der Waals surface area (Å²) in [6.45, 7) is 8.81. The maximum absolute atomic E-state index is 12.9. The number of hydrogen-bond donors (Lipinski definition) is 1. The number of amides is 1. The van der Waals surface area contributed by atoms with Crippen LogP contribution in [-0.4, -0.2) is 40.6 Å². The van der Waals surface area contributed by atoms with E-state index in [0.29, 0.717) is 29.0 Å². The van der Waals surface area contributed by atoms with Gasteiger partial charge in [-0.1, -0.05) is 40.5 Å². The van der Waals surface area contributed by atoms with Gasteiger partial charge in [0.1, 0.15) is 0 Å². The number of hydrogen-bond acceptors (Lipinski definition) is 3. The van der Waals surface area contributed by atoms with Crippen molar-refractivity contribution in [1.82, 2.24) is 10.2 Å². The van der Waals surface area contributed by atoms with Crippen LogP contribution in [0.4, 0.5) is 0 Å². The molecule has 2 rings (SSSR count). The van der Waals surface area contributed by atoms with Gasteiger partial charge in [-0.2, -0.15) is 11.8 Å². The van der Waals surface area contributed by atoms with Crippen molar-refractivity contribution < 1.29 is 4.79 Å². The van der Waals surface area contributed by atoms with Crippen LogP contribution >= 0.6 is 11.8 Å². The van der Waals surface area contributed by atoms with E-state index in [2.05, 4.69) is 44.2 Å². The van der Waals surface area contributed by atoms with Crippen molar-refractivity contribution in [3.63, 3.8) is 0 Å². The Balaban J connectivity index is 2.21. The molecular formula is C16H30N2OS. The van der Waals surface area contributed by atoms with E-state index in [9.17, 15) is 4.79 Å². The number of rotatable bonds is 5. The molecule has 4 heteroatoms. The van der Waals surface area contributed by atoms with Crippen molar-refractivity contribution >= 4 is 17.7 Å². The summed E-state index contributed by atoms with van der Waals surface area (Å²) in [6, 6.07) is 0.460. The Kier molecular flexibility index (Phi) is 5.41. The molecule has 5 unspecified atom stereocenters. The highest BCUT2D eigenvalue weighted by Crippen LogP contribution is 2.36. The number of thioether (sulfide) groups is 1. The summed E-state index contributed by atoms with van der Waals surface area (Å²) in [5.41, 5.74) is 0. The summed E-state index contributed by atoms with van der Waals surface area (Å²) < 4.78 is 0. The fourth-order valence-electron chi connectivity index (χ4n) is 3.66. The normalized spacial score (nSPS) is 36.1. The van der Waals surface area contributed by atoms with Gasteiger partial charge in [0.05, 0.1) is 12.2 Å². The molecule has 0 spiro atoms. The number of nitrogens with one attached hydrogen (secondary N) is 1. The van der Waals surface area contributed by atoms with E-state index in [1.54, 1.807) is 0 Å². The molecule has 1 heterocycles. The third-order valence-corrected chi connectivity index (χ3v) is 6.25. The van der Waals surface area contributed by atoms with E-state index < -0.39 is 0 Å². The van der Waals surface area contributed by atoms with Gasteiger partial charge < -0.3 is 4.90 Å². The lowest BCUT2D eigenvalue weighted by atomic mass is 9.99. The lowest BCUT2D eigenvalue weighted by molar-refractivity contribution is -0.133. The van der Waals surface area contributed by atoms with E-state index in [-0.39, 0.29) is 12.2 Å². The second-order valence-corrected chi connectivity index (χ2v) is 7.81. The van der Waals surface area contributed by atoms with Crippen molar-refractivity contribution in [2.75, 3.05) is 6.26 Å². The Morgan fingerprint density at radius 1 is 1.35 bits per heavy atom. The molecule has 1 saturated carbocycles. The van der Waals surface area contributed by atoms with Gasteiger partial charge in [-0.05, 0) is 30.9 Å². The molecule has 0 aromatic heterocycles. The second-order valence-electron chi connectivity index (χ2n) is 6.74. The molecule has 0 aromatic rings. The Morgan fingerprint density at radius 3 is 2.60 bits per heavy atom. The highest BCUT2D eigenvalue weighted by molar-refractivity contribution is 7.99. The van der Waals surface area contributed by atoms with Gasteiger partial charge in [-0.3, -0.25) is 10.1 Å². The van der Waals surface area contributed by atoms with Gasteiger partial charge in [-0.25, -0.2) is 0 Å². The van der Waals surface area contributed by atoms with Crippen LogP contribution in [0.2, 0.25) is 0 Å². The van der Waals surface area contributed by atoms with Gasteiger partial charge in [0.2, 0.25) is 5.91 Å². The zero-order chi connectivity index (χ0) is 14.9. The Morgan fingerprint density at radius 2 is 2.05 bits per heavy atom. The van der Waals surface area contributed by atoms with Crippen LogP contribution in [0, 0.1) is 11.8 Å². The number of carbonyl (C=O) groups excluding carboxylic acids is 1. The van der Waals surface area contributed by atoms with E-state index in [1.807, 2.05) is 11.8 Å². The van der Waals surface area contributed by atoms with Crippen LogP contribution in [0.5, 0.6) is 0 Å². The summed E-state index contributed by atoms with van der Waals surface area (Å²) in [7, 11) is 0. The van der Waals surface area contributed by atoms with Crippen molar-refractivity contribution in [3.05, 3.63) is 0 Å². The largest absolute Gasteiger partial charge is 0.321 e. The third kappa shape index (κ3) is 2.87. The summed E-state index contributed by atoms with van der Waals surface area (Å²) >= 11 is 1.94. The van der Waals surface area contributed by atoms with Crippen LogP contribution in [0.1, 0.15) is 53.4 Å². The topological polar surface area (TPSA) is 32.3 Å². The molecular weight excluding hydrogens is 268 g/mol. The first-order valence-corrected chi connectivity index (χ1v) is 9.41.